The maximum Gasteiger partial charge on any atom is 0.276 e. The molecule has 1 saturated heterocycles. The number of carbonyl (C=O) groups excluding carboxylic acids is 1. The molecule has 0 unspecified atom stereocenters. The molecular weight excluding hydrogens is 356 g/mol. The fourth-order valence-corrected chi connectivity index (χ4v) is 3.14. The lowest BCUT2D eigenvalue weighted by atomic mass is 10.1. The Kier molecular flexibility index (Phi) is 4.84. The van der Waals surface area contributed by atoms with E-state index in [2.05, 4.69) is 25.5 Å². The molecule has 0 saturated carbocycles. The molecule has 3 aromatic rings. The average Bonchev–Trinajstić information content (AvgIpc) is 3.26. The van der Waals surface area contributed by atoms with E-state index < -0.39 is 0 Å². The highest BCUT2D eigenvalue weighted by Crippen LogP contribution is 2.22. The summed E-state index contributed by atoms with van der Waals surface area (Å²) < 4.78 is 1.13. The fourth-order valence-electron chi connectivity index (χ4n) is 3.14. The van der Waals surface area contributed by atoms with Crippen LogP contribution in [0.5, 0.6) is 0 Å². The number of rotatable bonds is 4. The number of nitrogens with one attached hydrogen (secondary N) is 1. The van der Waals surface area contributed by atoms with Crippen LogP contribution in [0.4, 0.5) is 11.5 Å². The van der Waals surface area contributed by atoms with Gasteiger partial charge in [0.05, 0.1) is 5.69 Å². The predicted octanol–water partition coefficient (Wildman–Crippen LogP) is 2.09. The summed E-state index contributed by atoms with van der Waals surface area (Å²) in [6.45, 7) is 2.07. The zero-order valence-corrected chi connectivity index (χ0v) is 15.5. The standard InChI is InChI=1S/C20H20N6O2/c1-25-19(27)11-9-17(24-25)20(28)21-15-6-4-14(5-7-15)16-8-10-18(23-22-16)26-12-2-3-13-26/h4-11H,2-3,12-13H2,1H3,(H,21,28). The second-order valence-corrected chi connectivity index (χ2v) is 6.68. The van der Waals surface area contributed by atoms with E-state index in [0.717, 1.165) is 34.8 Å². The minimum atomic E-state index is -0.377. The van der Waals surface area contributed by atoms with Crippen LogP contribution in [-0.2, 0) is 7.05 Å². The summed E-state index contributed by atoms with van der Waals surface area (Å²) in [4.78, 5) is 25.9. The van der Waals surface area contributed by atoms with Gasteiger partial charge in [-0.2, -0.15) is 5.10 Å². The summed E-state index contributed by atoms with van der Waals surface area (Å²) in [5.74, 6) is 0.535. The van der Waals surface area contributed by atoms with E-state index >= 15 is 0 Å². The molecule has 0 atom stereocenters. The molecule has 8 nitrogen and oxygen atoms in total. The molecule has 1 aliphatic rings. The predicted molar refractivity (Wildman–Crippen MR) is 106 cm³/mol. The van der Waals surface area contributed by atoms with Crippen molar-refractivity contribution in [3.8, 4) is 11.3 Å². The number of carbonyl (C=O) groups is 1. The molecule has 4 rings (SSSR count). The Morgan fingerprint density at radius 1 is 0.964 bits per heavy atom. The van der Waals surface area contributed by atoms with Crippen molar-refractivity contribution in [2.24, 2.45) is 7.05 Å². The molecule has 1 aliphatic heterocycles. The van der Waals surface area contributed by atoms with Crippen LogP contribution < -0.4 is 15.8 Å². The Balaban J connectivity index is 1.45. The van der Waals surface area contributed by atoms with E-state index in [1.807, 2.05) is 24.3 Å². The topological polar surface area (TPSA) is 93.0 Å². The highest BCUT2D eigenvalue weighted by molar-refractivity contribution is 6.02. The molecule has 8 heteroatoms. The Morgan fingerprint density at radius 2 is 1.71 bits per heavy atom. The van der Waals surface area contributed by atoms with E-state index in [9.17, 15) is 9.59 Å². The number of hydrogen-bond acceptors (Lipinski definition) is 6. The van der Waals surface area contributed by atoms with Crippen molar-refractivity contribution in [1.82, 2.24) is 20.0 Å². The van der Waals surface area contributed by atoms with Crippen LogP contribution in [0.2, 0.25) is 0 Å². The third-order valence-corrected chi connectivity index (χ3v) is 4.71. The summed E-state index contributed by atoms with van der Waals surface area (Å²) in [5, 5.41) is 15.4. The van der Waals surface area contributed by atoms with Gasteiger partial charge in [-0.1, -0.05) is 12.1 Å². The van der Waals surface area contributed by atoms with Gasteiger partial charge in [-0.3, -0.25) is 9.59 Å². The number of anilines is 2. The van der Waals surface area contributed by atoms with Gasteiger partial charge in [0, 0.05) is 37.5 Å². The van der Waals surface area contributed by atoms with Crippen LogP contribution in [0.25, 0.3) is 11.3 Å². The first-order chi connectivity index (χ1) is 13.6. The van der Waals surface area contributed by atoms with Crippen molar-refractivity contribution < 1.29 is 4.79 Å². The van der Waals surface area contributed by atoms with Crippen molar-refractivity contribution in [2.75, 3.05) is 23.3 Å². The SMILES string of the molecule is Cn1nc(C(=O)Nc2ccc(-c3ccc(N4CCCC4)nn3)cc2)ccc1=O. The quantitative estimate of drug-likeness (QED) is 0.749. The Hall–Kier alpha value is -3.55. The fraction of sp³-hybridized carbons (Fsp3) is 0.250. The Morgan fingerprint density at radius 3 is 2.36 bits per heavy atom. The number of hydrogen-bond donors (Lipinski definition) is 1. The summed E-state index contributed by atoms with van der Waals surface area (Å²) in [6.07, 6.45) is 2.40. The molecule has 3 heterocycles. The summed E-state index contributed by atoms with van der Waals surface area (Å²) in [6, 6.07) is 14.0. The van der Waals surface area contributed by atoms with Gasteiger partial charge >= 0.3 is 0 Å². The highest BCUT2D eigenvalue weighted by atomic mass is 16.2. The summed E-state index contributed by atoms with van der Waals surface area (Å²) >= 11 is 0. The first kappa shape index (κ1) is 17.8. The molecule has 1 amide bonds. The van der Waals surface area contributed by atoms with Gasteiger partial charge in [-0.15, -0.1) is 10.2 Å². The van der Waals surface area contributed by atoms with E-state index in [1.54, 1.807) is 12.1 Å². The minimum Gasteiger partial charge on any atom is -0.355 e. The van der Waals surface area contributed by atoms with Gasteiger partial charge in [0.15, 0.2) is 5.82 Å². The molecule has 1 N–H and O–H groups in total. The largest absolute Gasteiger partial charge is 0.355 e. The van der Waals surface area contributed by atoms with Crippen molar-refractivity contribution >= 4 is 17.4 Å². The van der Waals surface area contributed by atoms with E-state index in [0.29, 0.717) is 5.69 Å². The third kappa shape index (κ3) is 3.75. The molecule has 2 aromatic heterocycles. The highest BCUT2D eigenvalue weighted by Gasteiger charge is 2.14. The molecular formula is C20H20N6O2. The molecule has 0 bridgehead atoms. The number of nitrogens with zero attached hydrogens (tertiary/aromatic N) is 5. The first-order valence-electron chi connectivity index (χ1n) is 9.15. The van der Waals surface area contributed by atoms with Gasteiger partial charge in [0.25, 0.3) is 11.5 Å². The first-order valence-corrected chi connectivity index (χ1v) is 9.15. The van der Waals surface area contributed by atoms with Gasteiger partial charge in [-0.05, 0) is 43.2 Å². The molecule has 1 aromatic carbocycles. The zero-order valence-electron chi connectivity index (χ0n) is 15.5. The monoisotopic (exact) mass is 376 g/mol. The maximum absolute atomic E-state index is 12.3. The smallest absolute Gasteiger partial charge is 0.276 e. The van der Waals surface area contributed by atoms with Crippen molar-refractivity contribution in [1.29, 1.82) is 0 Å². The molecule has 0 aliphatic carbocycles. The van der Waals surface area contributed by atoms with Gasteiger partial charge in [0.2, 0.25) is 0 Å². The normalized spacial score (nSPS) is 13.5. The Bertz CT molecular complexity index is 1040. The lowest BCUT2D eigenvalue weighted by molar-refractivity contribution is 0.102. The summed E-state index contributed by atoms with van der Waals surface area (Å²) in [7, 11) is 1.50. The third-order valence-electron chi connectivity index (χ3n) is 4.71. The van der Waals surface area contributed by atoms with E-state index in [4.69, 9.17) is 0 Å². The lowest BCUT2D eigenvalue weighted by Crippen LogP contribution is -2.23. The number of aromatic nitrogens is 4. The van der Waals surface area contributed by atoms with Crippen molar-refractivity contribution in [3.63, 3.8) is 0 Å². The van der Waals surface area contributed by atoms with Crippen molar-refractivity contribution in [3.05, 3.63) is 64.6 Å². The maximum atomic E-state index is 12.3. The van der Waals surface area contributed by atoms with Crippen LogP contribution in [0.15, 0.2) is 53.3 Å². The lowest BCUT2D eigenvalue weighted by Gasteiger charge is -2.15. The number of benzene rings is 1. The molecule has 0 radical (unpaired) electrons. The minimum absolute atomic E-state index is 0.176. The van der Waals surface area contributed by atoms with Gasteiger partial charge in [0.1, 0.15) is 5.69 Å². The molecule has 28 heavy (non-hydrogen) atoms. The van der Waals surface area contributed by atoms with Gasteiger partial charge < -0.3 is 10.2 Å². The van der Waals surface area contributed by atoms with E-state index in [1.165, 1.54) is 32.0 Å². The summed E-state index contributed by atoms with van der Waals surface area (Å²) in [5.41, 5.74) is 2.23. The van der Waals surface area contributed by atoms with Crippen LogP contribution in [-0.4, -0.2) is 39.0 Å². The Labute approximate surface area is 161 Å². The number of amides is 1. The second kappa shape index (κ2) is 7.59. The molecule has 142 valence electrons. The van der Waals surface area contributed by atoms with Gasteiger partial charge in [-0.25, -0.2) is 4.68 Å². The average molecular weight is 376 g/mol. The van der Waals surface area contributed by atoms with Crippen molar-refractivity contribution in [2.45, 2.75) is 12.8 Å². The number of aryl methyl sites for hydroxylation is 1. The van der Waals surface area contributed by atoms with Crippen LogP contribution >= 0.6 is 0 Å². The van der Waals surface area contributed by atoms with Crippen LogP contribution in [0, 0.1) is 0 Å². The van der Waals surface area contributed by atoms with Crippen LogP contribution in [0.3, 0.4) is 0 Å². The second-order valence-electron chi connectivity index (χ2n) is 6.68. The van der Waals surface area contributed by atoms with Crippen LogP contribution in [0.1, 0.15) is 23.3 Å². The molecule has 1 fully saturated rings. The van der Waals surface area contributed by atoms with E-state index in [-0.39, 0.29) is 17.2 Å². The zero-order chi connectivity index (χ0) is 19.5. The molecule has 0 spiro atoms.